The van der Waals surface area contributed by atoms with Gasteiger partial charge in [0.05, 0.1) is 18.8 Å². The van der Waals surface area contributed by atoms with Crippen LogP contribution in [0.5, 0.6) is 11.5 Å². The number of H-pyrrole nitrogens is 2. The Morgan fingerprint density at radius 1 is 1.29 bits per heavy atom. The minimum atomic E-state index is 0.582. The lowest BCUT2D eigenvalue weighted by molar-refractivity contribution is -0.564. The van der Waals surface area contributed by atoms with Crippen molar-refractivity contribution in [2.75, 3.05) is 14.2 Å². The molecule has 0 saturated carbocycles. The maximum Gasteiger partial charge on any atom is 0.209 e. The number of benzene rings is 1. The molecule has 0 unspecified atom stereocenters. The molecule has 90 valence electrons. The number of methoxy groups -OCH3 is 2. The molecule has 0 fully saturated rings. The fourth-order valence-corrected chi connectivity index (χ4v) is 1.63. The van der Waals surface area contributed by atoms with Crippen molar-refractivity contribution in [1.82, 2.24) is 10.3 Å². The fraction of sp³-hybridized carbons (Fsp3) is 0.273. The molecule has 0 saturated heterocycles. The zero-order chi connectivity index (χ0) is 12.3. The van der Waals surface area contributed by atoms with E-state index in [0.29, 0.717) is 11.0 Å². The number of aromatic amines is 2. The van der Waals surface area contributed by atoms with Crippen molar-refractivity contribution in [3.63, 3.8) is 0 Å². The Balaban J connectivity index is 2.29. The second-order valence-electron chi connectivity index (χ2n) is 3.57. The molecule has 0 radical (unpaired) electrons. The summed E-state index contributed by atoms with van der Waals surface area (Å²) < 4.78 is 11.0. The molecule has 2 rings (SSSR count). The lowest BCUT2D eigenvalue weighted by Crippen LogP contribution is -2.12. The minimum absolute atomic E-state index is 0.582. The molecule has 1 heterocycles. The molecule has 1 aromatic carbocycles. The maximum absolute atomic E-state index is 10.9. The van der Waals surface area contributed by atoms with Crippen LogP contribution in [0.25, 0.3) is 0 Å². The van der Waals surface area contributed by atoms with Gasteiger partial charge >= 0.3 is 0 Å². The number of hydrogen-bond acceptors (Lipinski definition) is 3. The summed E-state index contributed by atoms with van der Waals surface area (Å²) in [6.07, 6.45) is 2.03. The summed E-state index contributed by atoms with van der Waals surface area (Å²) in [6.45, 7) is 0. The second-order valence-corrected chi connectivity index (χ2v) is 3.57. The largest absolute Gasteiger partial charge is 0.497 e. The molecule has 2 N–H and O–H groups in total. The van der Waals surface area contributed by atoms with E-state index in [4.69, 9.17) is 9.47 Å². The van der Waals surface area contributed by atoms with E-state index in [1.54, 1.807) is 14.2 Å². The summed E-state index contributed by atoms with van der Waals surface area (Å²) >= 11 is 0. The highest BCUT2D eigenvalue weighted by Crippen LogP contribution is 2.25. The Hall–Kier alpha value is -2.24. The van der Waals surface area contributed by atoms with Gasteiger partial charge in [-0.05, 0) is 11.0 Å². The highest BCUT2D eigenvalue weighted by Gasteiger charge is 2.10. The van der Waals surface area contributed by atoms with E-state index in [1.165, 1.54) is 6.20 Å². The average Bonchev–Trinajstić information content (AvgIpc) is 2.75. The smallest absolute Gasteiger partial charge is 0.209 e. The van der Waals surface area contributed by atoms with E-state index >= 15 is 0 Å². The van der Waals surface area contributed by atoms with Crippen LogP contribution in [0, 0.1) is 4.91 Å². The zero-order valence-corrected chi connectivity index (χ0v) is 9.69. The summed E-state index contributed by atoms with van der Waals surface area (Å²) in [4.78, 5) is 10.9. The molecule has 0 amide bonds. The van der Waals surface area contributed by atoms with Crippen molar-refractivity contribution in [2.45, 2.75) is 6.42 Å². The predicted molar refractivity (Wildman–Crippen MR) is 60.9 cm³/mol. The molecule has 0 aliphatic carbocycles. The van der Waals surface area contributed by atoms with E-state index in [0.717, 1.165) is 22.8 Å². The van der Waals surface area contributed by atoms with Gasteiger partial charge in [-0.1, -0.05) is 11.3 Å². The molecule has 0 bridgehead atoms. The molecule has 0 aliphatic rings. The molecule has 2 aromatic rings. The summed E-state index contributed by atoms with van der Waals surface area (Å²) in [5, 5.41) is 5.19. The standard InChI is InChI=1S/C11H14N3O3/c1-16-10-4-3-8(11(6-10)17-2)5-9-7-14(15)13-12-9/h3-4,6-7H,5H2,1-2H3,(H2,12,13,15)/q+1. The third-order valence-corrected chi connectivity index (χ3v) is 2.47. The van der Waals surface area contributed by atoms with Crippen molar-refractivity contribution in [3.05, 3.63) is 40.6 Å². The highest BCUT2D eigenvalue weighted by molar-refractivity contribution is 5.42. The zero-order valence-electron chi connectivity index (χ0n) is 9.69. The third-order valence-electron chi connectivity index (χ3n) is 2.47. The number of nitrogens with zero attached hydrogens (tertiary/aromatic N) is 1. The Morgan fingerprint density at radius 3 is 2.71 bits per heavy atom. The van der Waals surface area contributed by atoms with Gasteiger partial charge in [0.2, 0.25) is 6.20 Å². The number of hydrogen-bond donors (Lipinski definition) is 2. The summed E-state index contributed by atoms with van der Waals surface area (Å²) in [5.74, 6) is 1.47. The van der Waals surface area contributed by atoms with Crippen LogP contribution >= 0.6 is 0 Å². The second kappa shape index (κ2) is 4.73. The van der Waals surface area contributed by atoms with Crippen molar-refractivity contribution < 1.29 is 14.0 Å². The molecule has 17 heavy (non-hydrogen) atoms. The Kier molecular flexibility index (Phi) is 3.13. The van der Waals surface area contributed by atoms with E-state index in [2.05, 4.69) is 10.3 Å². The first kappa shape index (κ1) is 11.3. The molecule has 0 aliphatic heterocycles. The average molecular weight is 236 g/mol. The first-order valence-electron chi connectivity index (χ1n) is 5.12. The molecular weight excluding hydrogens is 222 g/mol. The van der Waals surface area contributed by atoms with Gasteiger partial charge in [0.25, 0.3) is 0 Å². The van der Waals surface area contributed by atoms with Gasteiger partial charge in [-0.2, -0.15) is 5.10 Å². The number of aromatic nitrogens is 3. The van der Waals surface area contributed by atoms with E-state index in [-0.39, 0.29) is 0 Å². The van der Waals surface area contributed by atoms with Crippen LogP contribution in [0.4, 0.5) is 0 Å². The van der Waals surface area contributed by atoms with Crippen LogP contribution in [0.2, 0.25) is 0 Å². The van der Waals surface area contributed by atoms with Gasteiger partial charge in [-0.3, -0.25) is 0 Å². The van der Waals surface area contributed by atoms with Crippen LogP contribution in [0.15, 0.2) is 24.4 Å². The molecule has 0 spiro atoms. The van der Waals surface area contributed by atoms with Crippen molar-refractivity contribution in [3.8, 4) is 11.5 Å². The summed E-state index contributed by atoms with van der Waals surface area (Å²) in [7, 11) is 3.21. The van der Waals surface area contributed by atoms with Crippen LogP contribution in [-0.4, -0.2) is 24.5 Å². The van der Waals surface area contributed by atoms with Crippen LogP contribution in [0.3, 0.4) is 0 Å². The quantitative estimate of drug-likeness (QED) is 0.773. The molecule has 6 nitrogen and oxygen atoms in total. The molecule has 0 atom stereocenters. The van der Waals surface area contributed by atoms with E-state index in [1.807, 2.05) is 18.2 Å². The molecule has 6 heteroatoms. The lowest BCUT2D eigenvalue weighted by atomic mass is 10.1. The van der Waals surface area contributed by atoms with E-state index in [9.17, 15) is 4.91 Å². The topological polar surface area (TPSA) is 73.0 Å². The first-order valence-corrected chi connectivity index (χ1v) is 5.12. The van der Waals surface area contributed by atoms with Crippen LogP contribution in [-0.2, 0) is 6.42 Å². The van der Waals surface area contributed by atoms with Crippen molar-refractivity contribution >= 4 is 0 Å². The Bertz CT molecular complexity index is 559. The van der Waals surface area contributed by atoms with E-state index < -0.39 is 0 Å². The Labute approximate surface area is 97.8 Å². The van der Waals surface area contributed by atoms with Crippen molar-refractivity contribution in [1.29, 1.82) is 0 Å². The number of rotatable bonds is 4. The maximum atomic E-state index is 10.9. The van der Waals surface area contributed by atoms with Gasteiger partial charge in [0.15, 0.2) is 5.69 Å². The molecule has 1 aromatic heterocycles. The van der Waals surface area contributed by atoms with Gasteiger partial charge in [0, 0.05) is 18.1 Å². The minimum Gasteiger partial charge on any atom is -0.497 e. The van der Waals surface area contributed by atoms with Gasteiger partial charge in [0.1, 0.15) is 11.5 Å². The third kappa shape index (κ3) is 2.47. The molecular formula is C11H14N3O3+. The monoisotopic (exact) mass is 236 g/mol. The summed E-state index contributed by atoms with van der Waals surface area (Å²) in [5.41, 5.74) is 1.76. The van der Waals surface area contributed by atoms with Crippen molar-refractivity contribution in [2.24, 2.45) is 0 Å². The lowest BCUT2D eigenvalue weighted by Gasteiger charge is -2.08. The SMILES string of the molecule is COc1ccc(Cc2c[n+](=O)[nH][nH]2)c(OC)c1. The van der Waals surface area contributed by atoms with Gasteiger partial charge in [-0.25, -0.2) is 0 Å². The predicted octanol–water partition coefficient (Wildman–Crippen LogP) is 0.865. The van der Waals surface area contributed by atoms with Gasteiger partial charge < -0.3 is 9.47 Å². The van der Waals surface area contributed by atoms with Crippen LogP contribution in [0.1, 0.15) is 11.3 Å². The Morgan fingerprint density at radius 2 is 2.12 bits per heavy atom. The van der Waals surface area contributed by atoms with Gasteiger partial charge in [-0.15, -0.1) is 0 Å². The van der Waals surface area contributed by atoms with Crippen LogP contribution < -0.4 is 14.0 Å². The summed E-state index contributed by atoms with van der Waals surface area (Å²) in [6, 6.07) is 5.58. The highest BCUT2D eigenvalue weighted by atomic mass is 16.5. The first-order chi connectivity index (χ1) is 8.22. The fourth-order valence-electron chi connectivity index (χ4n) is 1.63. The number of nitrogens with one attached hydrogen (secondary N) is 2. The number of ether oxygens (including phenoxy) is 2. The normalized spacial score (nSPS) is 10.2.